The lowest BCUT2D eigenvalue weighted by Gasteiger charge is -2.26. The largest absolute Gasteiger partial charge is 0.416 e. The highest BCUT2D eigenvalue weighted by molar-refractivity contribution is 5.94. The quantitative estimate of drug-likeness (QED) is 0.670. The lowest BCUT2D eigenvalue weighted by atomic mass is 9.84. The van der Waals surface area contributed by atoms with Crippen LogP contribution in [0.4, 0.5) is 23.4 Å². The maximum absolute atomic E-state index is 13.4. The molecule has 0 saturated carbocycles. The molecule has 138 valence electrons. The van der Waals surface area contributed by atoms with Gasteiger partial charge in [-0.1, -0.05) is 18.2 Å². The van der Waals surface area contributed by atoms with E-state index in [1.807, 2.05) is 0 Å². The van der Waals surface area contributed by atoms with Crippen LogP contribution < -0.4 is 5.32 Å². The second kappa shape index (κ2) is 6.22. The topological polar surface area (TPSA) is 46.9 Å². The van der Waals surface area contributed by atoms with E-state index < -0.39 is 29.4 Å². The smallest absolute Gasteiger partial charge is 0.310 e. The van der Waals surface area contributed by atoms with Crippen molar-refractivity contribution in [3.8, 4) is 5.69 Å². The number of nitrogens with zero attached hydrogens (tertiary/aromatic N) is 2. The molecular formula is C19H13F4N3O. The Morgan fingerprint density at radius 2 is 1.74 bits per heavy atom. The van der Waals surface area contributed by atoms with E-state index in [9.17, 15) is 22.4 Å². The molecule has 1 aliphatic rings. The Labute approximate surface area is 151 Å². The fourth-order valence-electron chi connectivity index (χ4n) is 3.33. The third-order valence-corrected chi connectivity index (χ3v) is 4.53. The zero-order valence-corrected chi connectivity index (χ0v) is 13.8. The van der Waals surface area contributed by atoms with Crippen LogP contribution in [0.5, 0.6) is 0 Å². The predicted octanol–water partition coefficient (Wildman–Crippen LogP) is 4.50. The lowest BCUT2D eigenvalue weighted by Crippen LogP contribution is -2.26. The van der Waals surface area contributed by atoms with E-state index in [1.165, 1.54) is 53.3 Å². The maximum atomic E-state index is 13.4. The van der Waals surface area contributed by atoms with Crippen LogP contribution in [0.1, 0.15) is 29.0 Å². The minimum atomic E-state index is -4.53. The second-order valence-corrected chi connectivity index (χ2v) is 6.23. The van der Waals surface area contributed by atoms with Crippen LogP contribution in [0.25, 0.3) is 5.69 Å². The Bertz CT molecular complexity index is 1010. The molecule has 0 saturated heterocycles. The number of halogens is 4. The number of amides is 1. The van der Waals surface area contributed by atoms with E-state index in [0.717, 1.165) is 6.07 Å². The van der Waals surface area contributed by atoms with Crippen LogP contribution in [0.3, 0.4) is 0 Å². The van der Waals surface area contributed by atoms with Gasteiger partial charge in [0.2, 0.25) is 5.91 Å². The van der Waals surface area contributed by atoms with Gasteiger partial charge in [-0.25, -0.2) is 9.07 Å². The van der Waals surface area contributed by atoms with Crippen molar-refractivity contribution < 1.29 is 22.4 Å². The van der Waals surface area contributed by atoms with E-state index >= 15 is 0 Å². The molecule has 4 nitrogen and oxygen atoms in total. The van der Waals surface area contributed by atoms with Crippen molar-refractivity contribution >= 4 is 11.7 Å². The number of nitrogens with one attached hydrogen (secondary N) is 1. The number of rotatable bonds is 2. The number of alkyl halides is 3. The Morgan fingerprint density at radius 1 is 1.04 bits per heavy atom. The monoisotopic (exact) mass is 375 g/mol. The molecule has 0 bridgehead atoms. The number of carbonyl (C=O) groups excluding carboxylic acids is 1. The van der Waals surface area contributed by atoms with Crippen LogP contribution in [0.2, 0.25) is 0 Å². The molecule has 2 aromatic carbocycles. The molecule has 0 spiro atoms. The molecule has 0 aliphatic carbocycles. The van der Waals surface area contributed by atoms with Gasteiger partial charge in [0.05, 0.1) is 17.4 Å². The van der Waals surface area contributed by atoms with Gasteiger partial charge in [0.1, 0.15) is 11.6 Å². The molecule has 2 heterocycles. The number of hydrogen-bond donors (Lipinski definition) is 1. The average molecular weight is 375 g/mol. The minimum Gasteiger partial charge on any atom is -0.310 e. The van der Waals surface area contributed by atoms with E-state index in [0.29, 0.717) is 17.1 Å². The summed E-state index contributed by atoms with van der Waals surface area (Å²) in [7, 11) is 0. The number of carbonyl (C=O) groups is 1. The van der Waals surface area contributed by atoms with Gasteiger partial charge in [0.25, 0.3) is 0 Å². The van der Waals surface area contributed by atoms with Crippen molar-refractivity contribution in [1.82, 2.24) is 9.78 Å². The molecule has 1 aliphatic heterocycles. The summed E-state index contributed by atoms with van der Waals surface area (Å²) in [5.41, 5.74) is 0.225. The molecule has 1 N–H and O–H groups in total. The van der Waals surface area contributed by atoms with Gasteiger partial charge >= 0.3 is 6.18 Å². The molecule has 0 unspecified atom stereocenters. The van der Waals surface area contributed by atoms with Crippen molar-refractivity contribution in [3.63, 3.8) is 0 Å². The minimum absolute atomic E-state index is 0.0276. The van der Waals surface area contributed by atoms with Gasteiger partial charge in [0.15, 0.2) is 0 Å². The Hall–Kier alpha value is -3.16. The maximum Gasteiger partial charge on any atom is 0.416 e. The average Bonchev–Trinajstić information content (AvgIpc) is 3.04. The first-order valence-corrected chi connectivity index (χ1v) is 8.14. The van der Waals surface area contributed by atoms with Gasteiger partial charge in [0, 0.05) is 17.9 Å². The third-order valence-electron chi connectivity index (χ3n) is 4.53. The van der Waals surface area contributed by atoms with Crippen LogP contribution in [0.15, 0.2) is 54.7 Å². The molecule has 0 fully saturated rings. The summed E-state index contributed by atoms with van der Waals surface area (Å²) in [5.74, 6) is -1.32. The SMILES string of the molecule is O=C1C[C@H](c2ccccc2C(F)(F)F)c2cnn(-c3ccc(F)cc3)c2N1. The molecule has 1 atom stereocenters. The summed E-state index contributed by atoms with van der Waals surface area (Å²) in [4.78, 5) is 12.2. The Kier molecular flexibility index (Phi) is 3.98. The molecule has 1 amide bonds. The predicted molar refractivity (Wildman–Crippen MR) is 90.1 cm³/mol. The van der Waals surface area contributed by atoms with E-state index in [1.54, 1.807) is 0 Å². The number of aromatic nitrogens is 2. The fourth-order valence-corrected chi connectivity index (χ4v) is 3.33. The van der Waals surface area contributed by atoms with E-state index in [2.05, 4.69) is 10.4 Å². The molecular weight excluding hydrogens is 362 g/mol. The summed E-state index contributed by atoms with van der Waals surface area (Å²) in [5, 5.41) is 6.86. The number of fused-ring (bicyclic) bond motifs is 1. The number of anilines is 1. The number of benzene rings is 2. The number of hydrogen-bond acceptors (Lipinski definition) is 2. The van der Waals surface area contributed by atoms with Crippen LogP contribution >= 0.6 is 0 Å². The molecule has 8 heteroatoms. The molecule has 3 aromatic rings. The highest BCUT2D eigenvalue weighted by Gasteiger charge is 2.38. The standard InChI is InChI=1S/C19H13F4N3O/c20-11-5-7-12(8-6-11)26-18-15(10-24-26)14(9-17(27)25-18)13-3-1-2-4-16(13)19(21,22)23/h1-8,10,14H,9H2,(H,25,27)/t14-/m1/s1. The lowest BCUT2D eigenvalue weighted by molar-refractivity contribution is -0.138. The zero-order valence-electron chi connectivity index (χ0n) is 13.8. The van der Waals surface area contributed by atoms with E-state index in [4.69, 9.17) is 0 Å². The zero-order chi connectivity index (χ0) is 19.2. The van der Waals surface area contributed by atoms with Crippen molar-refractivity contribution in [3.05, 3.63) is 77.2 Å². The van der Waals surface area contributed by atoms with Crippen molar-refractivity contribution in [2.75, 3.05) is 5.32 Å². The molecule has 0 radical (unpaired) electrons. The van der Waals surface area contributed by atoms with Gasteiger partial charge in [-0.2, -0.15) is 18.3 Å². The summed E-state index contributed by atoms with van der Waals surface area (Å²) >= 11 is 0. The van der Waals surface area contributed by atoms with E-state index in [-0.39, 0.29) is 12.0 Å². The highest BCUT2D eigenvalue weighted by Crippen LogP contribution is 2.43. The third kappa shape index (κ3) is 3.07. The van der Waals surface area contributed by atoms with Gasteiger partial charge in [-0.3, -0.25) is 4.79 Å². The summed E-state index contributed by atoms with van der Waals surface area (Å²) < 4.78 is 54.8. The van der Waals surface area contributed by atoms with Gasteiger partial charge in [-0.05, 0) is 35.9 Å². The molecule has 4 rings (SSSR count). The summed E-state index contributed by atoms with van der Waals surface area (Å²) in [6.07, 6.45) is -3.21. The Balaban J connectivity index is 1.84. The van der Waals surface area contributed by atoms with Crippen LogP contribution in [-0.2, 0) is 11.0 Å². The highest BCUT2D eigenvalue weighted by atomic mass is 19.4. The molecule has 1 aromatic heterocycles. The molecule has 27 heavy (non-hydrogen) atoms. The second-order valence-electron chi connectivity index (χ2n) is 6.23. The summed E-state index contributed by atoms with van der Waals surface area (Å²) in [6.45, 7) is 0. The summed E-state index contributed by atoms with van der Waals surface area (Å²) in [6, 6.07) is 10.6. The van der Waals surface area contributed by atoms with Crippen molar-refractivity contribution in [1.29, 1.82) is 0 Å². The van der Waals surface area contributed by atoms with Crippen molar-refractivity contribution in [2.24, 2.45) is 0 Å². The first-order valence-electron chi connectivity index (χ1n) is 8.14. The van der Waals surface area contributed by atoms with Gasteiger partial charge < -0.3 is 5.32 Å². The first-order chi connectivity index (χ1) is 12.8. The first kappa shape index (κ1) is 17.3. The van der Waals surface area contributed by atoms with Crippen LogP contribution in [-0.4, -0.2) is 15.7 Å². The normalized spacial score (nSPS) is 16.7. The Morgan fingerprint density at radius 3 is 2.44 bits per heavy atom. The van der Waals surface area contributed by atoms with Gasteiger partial charge in [-0.15, -0.1) is 0 Å². The fraction of sp³-hybridized carbons (Fsp3) is 0.158. The van der Waals surface area contributed by atoms with Crippen molar-refractivity contribution in [2.45, 2.75) is 18.5 Å². The van der Waals surface area contributed by atoms with Crippen LogP contribution in [0, 0.1) is 5.82 Å².